The third-order valence-electron chi connectivity index (χ3n) is 10.1. The third-order valence-corrected chi connectivity index (χ3v) is 10.1. The predicted octanol–water partition coefficient (Wildman–Crippen LogP) is 10.9. The van der Waals surface area contributed by atoms with Crippen LogP contribution in [-0.4, -0.2) is 9.13 Å². The summed E-state index contributed by atoms with van der Waals surface area (Å²) in [7, 11) is 0. The summed E-state index contributed by atoms with van der Waals surface area (Å²) < 4.78 is 4.89. The molecule has 0 spiro atoms. The highest BCUT2D eigenvalue weighted by Crippen LogP contribution is 2.57. The van der Waals surface area contributed by atoms with Crippen molar-refractivity contribution in [2.24, 2.45) is 0 Å². The van der Waals surface area contributed by atoms with Crippen molar-refractivity contribution in [2.75, 3.05) is 10.6 Å². The van der Waals surface area contributed by atoms with Gasteiger partial charge in [0.2, 0.25) is 0 Å². The minimum Gasteiger partial charge on any atom is -0.397 e. The van der Waals surface area contributed by atoms with Gasteiger partial charge in [-0.2, -0.15) is 0 Å². The Morgan fingerprint density at radius 2 is 0.958 bits per heavy atom. The monoisotopic (exact) mass is 616 g/mol. The molecule has 0 amide bonds. The fourth-order valence-corrected chi connectivity index (χ4v) is 7.96. The quantitative estimate of drug-likeness (QED) is 0.154. The standard InChI is InChI=1S/C44H32N4/c45-37-19-9-12-22-42(37)48-43(29-13-3-1-4-14-29)44(48)47-39-21-11-8-18-34(39)36-28-31(24-26-41(36)47)30-23-25-40-35(27-30)33-17-7-10-20-38(33)46(40)32-15-5-2-6-16-32/h1-28,43-44H,45H2/t43?,44-,48?/m0/s1. The Labute approximate surface area is 278 Å². The lowest BCUT2D eigenvalue weighted by Gasteiger charge is -2.11. The number of fused-ring (bicyclic) bond motifs is 6. The van der Waals surface area contributed by atoms with Gasteiger partial charge >= 0.3 is 0 Å². The number of nitrogen functional groups attached to an aromatic ring is 1. The number of hydrogen-bond acceptors (Lipinski definition) is 2. The molecule has 9 aromatic rings. The second kappa shape index (κ2) is 10.4. The molecule has 48 heavy (non-hydrogen) atoms. The van der Waals surface area contributed by atoms with Crippen molar-refractivity contribution in [3.05, 3.63) is 175 Å². The highest BCUT2D eigenvalue weighted by molar-refractivity contribution is 6.12. The summed E-state index contributed by atoms with van der Waals surface area (Å²) >= 11 is 0. The maximum atomic E-state index is 6.58. The zero-order chi connectivity index (χ0) is 31.8. The number of nitrogens with two attached hydrogens (primary N) is 1. The Hall–Kier alpha value is -6.26. The van der Waals surface area contributed by atoms with Crippen LogP contribution in [0.1, 0.15) is 17.8 Å². The lowest BCUT2D eigenvalue weighted by molar-refractivity contribution is 0.772. The molecule has 1 aliphatic rings. The lowest BCUT2D eigenvalue weighted by Crippen LogP contribution is -2.04. The zero-order valence-electron chi connectivity index (χ0n) is 26.2. The smallest absolute Gasteiger partial charge is 0.132 e. The molecule has 0 bridgehead atoms. The number of aromatic nitrogens is 2. The summed E-state index contributed by atoms with van der Waals surface area (Å²) in [6.45, 7) is 0. The van der Waals surface area contributed by atoms with Crippen LogP contribution < -0.4 is 10.6 Å². The lowest BCUT2D eigenvalue weighted by atomic mass is 10.0. The molecule has 1 fully saturated rings. The molecule has 0 radical (unpaired) electrons. The van der Waals surface area contributed by atoms with Gasteiger partial charge in [-0.3, -0.25) is 0 Å². The van der Waals surface area contributed by atoms with E-state index in [1.165, 1.54) is 66.0 Å². The van der Waals surface area contributed by atoms with Crippen LogP contribution in [0.3, 0.4) is 0 Å². The van der Waals surface area contributed by atoms with E-state index < -0.39 is 0 Å². The first-order valence-electron chi connectivity index (χ1n) is 16.6. The number of hydrogen-bond donors (Lipinski definition) is 1. The van der Waals surface area contributed by atoms with Gasteiger partial charge in [-0.05, 0) is 77.4 Å². The van der Waals surface area contributed by atoms with Crippen molar-refractivity contribution in [3.63, 3.8) is 0 Å². The molecule has 1 unspecified atom stereocenters. The van der Waals surface area contributed by atoms with Crippen LogP contribution in [0.2, 0.25) is 0 Å². The fraction of sp³-hybridized carbons (Fsp3) is 0.0455. The third kappa shape index (κ3) is 3.96. The van der Waals surface area contributed by atoms with Crippen molar-refractivity contribution >= 4 is 55.0 Å². The van der Waals surface area contributed by atoms with Gasteiger partial charge in [-0.25, -0.2) is 0 Å². The minimum absolute atomic E-state index is 0.103. The molecular formula is C44H32N4. The molecule has 2 aromatic heterocycles. The summed E-state index contributed by atoms with van der Waals surface area (Å²) in [5.41, 5.74) is 18.2. The molecule has 1 aliphatic heterocycles. The topological polar surface area (TPSA) is 38.9 Å². The maximum absolute atomic E-state index is 6.58. The first-order chi connectivity index (χ1) is 23.8. The normalized spacial score (nSPS) is 16.0. The predicted molar refractivity (Wildman–Crippen MR) is 201 cm³/mol. The fourth-order valence-electron chi connectivity index (χ4n) is 7.96. The second-order valence-electron chi connectivity index (χ2n) is 12.8. The van der Waals surface area contributed by atoms with E-state index in [9.17, 15) is 0 Å². The summed E-state index contributed by atoms with van der Waals surface area (Å²) in [5, 5.41) is 5.04. The van der Waals surface area contributed by atoms with E-state index in [4.69, 9.17) is 5.73 Å². The Balaban J connectivity index is 1.15. The first-order valence-corrected chi connectivity index (χ1v) is 16.6. The largest absolute Gasteiger partial charge is 0.397 e. The molecule has 3 heterocycles. The zero-order valence-corrected chi connectivity index (χ0v) is 26.2. The Bertz CT molecular complexity index is 2650. The Morgan fingerprint density at radius 1 is 0.438 bits per heavy atom. The van der Waals surface area contributed by atoms with E-state index >= 15 is 0 Å². The SMILES string of the molecule is Nc1ccccc1N1C(c2ccccc2)[C@H]1n1c2ccccc2c2cc(-c3ccc4c(c3)c3ccccc3n4-c3ccccc3)ccc21. The van der Waals surface area contributed by atoms with E-state index in [-0.39, 0.29) is 12.2 Å². The van der Waals surface area contributed by atoms with Gasteiger partial charge in [0, 0.05) is 27.2 Å². The summed E-state index contributed by atoms with van der Waals surface area (Å²) in [4.78, 5) is 2.46. The van der Waals surface area contributed by atoms with Crippen molar-refractivity contribution < 1.29 is 0 Å². The molecule has 4 nitrogen and oxygen atoms in total. The highest BCUT2D eigenvalue weighted by atomic mass is 15.5. The molecule has 228 valence electrons. The van der Waals surface area contributed by atoms with Crippen LogP contribution >= 0.6 is 0 Å². The van der Waals surface area contributed by atoms with Gasteiger partial charge in [0.1, 0.15) is 6.17 Å². The molecular weight excluding hydrogens is 585 g/mol. The van der Waals surface area contributed by atoms with Crippen LogP contribution in [0.4, 0.5) is 11.4 Å². The van der Waals surface area contributed by atoms with Gasteiger partial charge in [0.25, 0.3) is 0 Å². The number of nitrogens with zero attached hydrogens (tertiary/aromatic N) is 3. The molecule has 0 saturated carbocycles. The number of anilines is 2. The summed E-state index contributed by atoms with van der Waals surface area (Å²) in [5.74, 6) is 0. The van der Waals surface area contributed by atoms with E-state index in [2.05, 4.69) is 172 Å². The van der Waals surface area contributed by atoms with Gasteiger partial charge < -0.3 is 19.8 Å². The minimum atomic E-state index is 0.103. The molecule has 10 rings (SSSR count). The Kier molecular flexibility index (Phi) is 5.82. The van der Waals surface area contributed by atoms with Crippen LogP contribution in [-0.2, 0) is 0 Å². The van der Waals surface area contributed by atoms with Crippen LogP contribution in [0.25, 0.3) is 60.4 Å². The summed E-state index contributed by atoms with van der Waals surface area (Å²) in [6, 6.07) is 61.3. The van der Waals surface area contributed by atoms with Gasteiger partial charge in [-0.1, -0.05) is 109 Å². The van der Waals surface area contributed by atoms with Crippen molar-refractivity contribution in [3.8, 4) is 16.8 Å². The number of rotatable bonds is 5. The van der Waals surface area contributed by atoms with Crippen LogP contribution in [0.15, 0.2) is 170 Å². The maximum Gasteiger partial charge on any atom is 0.132 e. The van der Waals surface area contributed by atoms with Crippen LogP contribution in [0.5, 0.6) is 0 Å². The second-order valence-corrected chi connectivity index (χ2v) is 12.8. The number of para-hydroxylation sites is 5. The molecule has 0 aliphatic carbocycles. The van der Waals surface area contributed by atoms with Crippen LogP contribution in [0, 0.1) is 0 Å². The van der Waals surface area contributed by atoms with E-state index in [0.29, 0.717) is 0 Å². The average Bonchev–Trinajstić information content (AvgIpc) is 3.65. The average molecular weight is 617 g/mol. The van der Waals surface area contributed by atoms with Crippen molar-refractivity contribution in [1.29, 1.82) is 0 Å². The first kappa shape index (κ1) is 26.9. The van der Waals surface area contributed by atoms with Gasteiger partial charge in [0.05, 0.1) is 39.5 Å². The van der Waals surface area contributed by atoms with Crippen molar-refractivity contribution in [1.82, 2.24) is 9.13 Å². The molecule has 7 aromatic carbocycles. The molecule has 4 heteroatoms. The Morgan fingerprint density at radius 3 is 1.69 bits per heavy atom. The number of benzene rings is 7. The van der Waals surface area contributed by atoms with E-state index in [1.807, 2.05) is 12.1 Å². The summed E-state index contributed by atoms with van der Waals surface area (Å²) in [6.07, 6.45) is 0.103. The van der Waals surface area contributed by atoms with Crippen molar-refractivity contribution in [2.45, 2.75) is 12.2 Å². The van der Waals surface area contributed by atoms with E-state index in [1.54, 1.807) is 0 Å². The highest BCUT2D eigenvalue weighted by Gasteiger charge is 2.51. The molecule has 2 N–H and O–H groups in total. The van der Waals surface area contributed by atoms with Gasteiger partial charge in [0.15, 0.2) is 0 Å². The van der Waals surface area contributed by atoms with Gasteiger partial charge in [-0.15, -0.1) is 0 Å². The molecule has 1 saturated heterocycles. The van der Waals surface area contributed by atoms with E-state index in [0.717, 1.165) is 11.4 Å². The molecule has 2 atom stereocenters.